The van der Waals surface area contributed by atoms with Crippen molar-refractivity contribution in [2.75, 3.05) is 44.6 Å². The van der Waals surface area contributed by atoms with E-state index in [1.54, 1.807) is 0 Å². The van der Waals surface area contributed by atoms with Gasteiger partial charge in [0, 0.05) is 31.9 Å². The van der Waals surface area contributed by atoms with Gasteiger partial charge in [-0.1, -0.05) is 67.6 Å². The molecule has 1 atom stereocenters. The van der Waals surface area contributed by atoms with E-state index < -0.39 is 0 Å². The number of nitrogens with one attached hydrogen (secondary N) is 2. The number of fused-ring (bicyclic) bond motifs is 1. The molecule has 6 heteroatoms. The lowest BCUT2D eigenvalue weighted by Crippen LogP contribution is -2.51. The lowest BCUT2D eigenvalue weighted by atomic mass is 10.00. The average molecular weight is 459 g/mol. The van der Waals surface area contributed by atoms with E-state index in [-0.39, 0.29) is 17.9 Å². The average Bonchev–Trinajstić information content (AvgIpc) is 2.85. The lowest BCUT2D eigenvalue weighted by molar-refractivity contribution is -0.124. The molecule has 0 saturated carbocycles. The molecule has 2 amide bonds. The van der Waals surface area contributed by atoms with Gasteiger partial charge in [0.15, 0.2) is 0 Å². The Morgan fingerprint density at radius 1 is 0.824 bits per heavy atom. The molecule has 1 unspecified atom stereocenters. The topological polar surface area (TPSA) is 64.7 Å². The van der Waals surface area contributed by atoms with Crippen molar-refractivity contribution >= 4 is 28.3 Å². The zero-order valence-electron chi connectivity index (χ0n) is 20.1. The minimum atomic E-state index is -0.0606. The van der Waals surface area contributed by atoms with Crippen molar-refractivity contribution in [3.8, 4) is 0 Å². The maximum Gasteiger partial charge on any atom is 0.238 e. The second-order valence-corrected chi connectivity index (χ2v) is 8.97. The molecule has 0 aliphatic carbocycles. The van der Waals surface area contributed by atoms with E-state index in [4.69, 9.17) is 0 Å². The van der Waals surface area contributed by atoms with Crippen molar-refractivity contribution in [2.45, 2.75) is 26.3 Å². The van der Waals surface area contributed by atoms with Crippen molar-refractivity contribution in [3.63, 3.8) is 0 Å². The first-order valence-electron chi connectivity index (χ1n) is 12.1. The highest BCUT2D eigenvalue weighted by molar-refractivity contribution is 5.93. The van der Waals surface area contributed by atoms with E-state index in [2.05, 4.69) is 51.6 Å². The number of carbonyl (C=O) groups excluding carboxylic acids is 2. The van der Waals surface area contributed by atoms with Crippen LogP contribution in [0.5, 0.6) is 0 Å². The predicted octanol–water partition coefficient (Wildman–Crippen LogP) is 3.84. The van der Waals surface area contributed by atoms with Crippen LogP contribution in [-0.2, 0) is 16.0 Å². The van der Waals surface area contributed by atoms with Crippen molar-refractivity contribution < 1.29 is 9.59 Å². The molecule has 0 spiro atoms. The molecule has 1 aliphatic heterocycles. The third kappa shape index (κ3) is 6.01. The molecule has 178 valence electrons. The third-order valence-corrected chi connectivity index (χ3v) is 6.54. The largest absolute Gasteiger partial charge is 0.348 e. The van der Waals surface area contributed by atoms with E-state index in [1.807, 2.05) is 49.4 Å². The number of anilines is 1. The Kier molecular flexibility index (Phi) is 7.93. The van der Waals surface area contributed by atoms with Crippen molar-refractivity contribution in [2.24, 2.45) is 0 Å². The Morgan fingerprint density at radius 3 is 2.18 bits per heavy atom. The number of carbonyl (C=O) groups is 2. The van der Waals surface area contributed by atoms with E-state index in [9.17, 15) is 9.59 Å². The summed E-state index contributed by atoms with van der Waals surface area (Å²) in [5.74, 6) is 0.0406. The predicted molar refractivity (Wildman–Crippen MR) is 138 cm³/mol. The van der Waals surface area contributed by atoms with Crippen molar-refractivity contribution in [3.05, 3.63) is 77.9 Å². The van der Waals surface area contributed by atoms with Crippen LogP contribution in [0.4, 0.5) is 5.69 Å². The summed E-state index contributed by atoms with van der Waals surface area (Å²) in [6.07, 6.45) is 0.885. The normalized spacial score (nSPS) is 15.7. The minimum Gasteiger partial charge on any atom is -0.348 e. The van der Waals surface area contributed by atoms with Gasteiger partial charge in [0.05, 0.1) is 19.1 Å². The number of hydrogen-bond acceptors (Lipinski definition) is 4. The molecule has 0 bridgehead atoms. The number of benzene rings is 3. The van der Waals surface area contributed by atoms with Gasteiger partial charge >= 0.3 is 0 Å². The Balaban J connectivity index is 1.23. The first-order valence-corrected chi connectivity index (χ1v) is 12.1. The monoisotopic (exact) mass is 458 g/mol. The van der Waals surface area contributed by atoms with E-state index in [0.717, 1.165) is 49.4 Å². The fourth-order valence-electron chi connectivity index (χ4n) is 4.64. The highest BCUT2D eigenvalue weighted by Crippen LogP contribution is 2.24. The first-order chi connectivity index (χ1) is 16.5. The molecule has 1 saturated heterocycles. The minimum absolute atomic E-state index is 0.0102. The molecule has 0 aromatic heterocycles. The van der Waals surface area contributed by atoms with Gasteiger partial charge in [-0.3, -0.25) is 19.4 Å². The molecule has 1 aliphatic rings. The Bertz CT molecular complexity index is 1130. The molecule has 1 heterocycles. The second kappa shape index (κ2) is 11.3. The Hall–Kier alpha value is -3.22. The van der Waals surface area contributed by atoms with E-state index in [0.29, 0.717) is 13.1 Å². The maximum atomic E-state index is 12.7. The number of amides is 2. The van der Waals surface area contributed by atoms with Gasteiger partial charge in [-0.2, -0.15) is 0 Å². The fraction of sp³-hybridized carbons (Fsp3) is 0.357. The standard InChI is InChI=1S/C28H34N4O2/c1-3-22-9-5-7-14-26(22)30-28(34)20-32-17-15-31(16-18-32)19-27(33)29-21(2)24-13-8-11-23-10-4-6-12-25(23)24/h4-14,21H,3,15-20H2,1-2H3,(H,29,33)(H,30,34). The Morgan fingerprint density at radius 2 is 1.44 bits per heavy atom. The molecule has 6 nitrogen and oxygen atoms in total. The van der Waals surface area contributed by atoms with Crippen LogP contribution >= 0.6 is 0 Å². The quantitative estimate of drug-likeness (QED) is 0.538. The third-order valence-electron chi connectivity index (χ3n) is 6.54. The molecule has 2 N–H and O–H groups in total. The van der Waals surface area contributed by atoms with Crippen LogP contribution in [0, 0.1) is 0 Å². The number of aryl methyl sites for hydroxylation is 1. The smallest absolute Gasteiger partial charge is 0.238 e. The van der Waals surface area contributed by atoms with E-state index in [1.165, 1.54) is 10.8 Å². The zero-order chi connectivity index (χ0) is 23.9. The highest BCUT2D eigenvalue weighted by Gasteiger charge is 2.22. The summed E-state index contributed by atoms with van der Waals surface area (Å²) in [5.41, 5.74) is 3.17. The van der Waals surface area contributed by atoms with E-state index >= 15 is 0 Å². The molecule has 0 radical (unpaired) electrons. The molecular weight excluding hydrogens is 424 g/mol. The maximum absolute atomic E-state index is 12.7. The number of nitrogens with zero attached hydrogens (tertiary/aromatic N) is 2. The van der Waals surface area contributed by atoms with Gasteiger partial charge in [-0.25, -0.2) is 0 Å². The number of para-hydroxylation sites is 1. The van der Waals surface area contributed by atoms with Crippen LogP contribution < -0.4 is 10.6 Å². The van der Waals surface area contributed by atoms with Crippen LogP contribution in [0.1, 0.15) is 31.0 Å². The molecule has 1 fully saturated rings. The summed E-state index contributed by atoms with van der Waals surface area (Å²) in [7, 11) is 0. The van der Waals surface area contributed by atoms with Gasteiger partial charge in [0.1, 0.15) is 0 Å². The highest BCUT2D eigenvalue weighted by atomic mass is 16.2. The number of hydrogen-bond donors (Lipinski definition) is 2. The van der Waals surface area contributed by atoms with Gasteiger partial charge in [-0.15, -0.1) is 0 Å². The second-order valence-electron chi connectivity index (χ2n) is 8.97. The zero-order valence-corrected chi connectivity index (χ0v) is 20.1. The molecule has 4 rings (SSSR count). The summed E-state index contributed by atoms with van der Waals surface area (Å²) >= 11 is 0. The van der Waals surface area contributed by atoms with Crippen molar-refractivity contribution in [1.29, 1.82) is 0 Å². The lowest BCUT2D eigenvalue weighted by Gasteiger charge is -2.34. The van der Waals surface area contributed by atoms with Crippen LogP contribution in [-0.4, -0.2) is 60.9 Å². The van der Waals surface area contributed by atoms with Crippen LogP contribution in [0.25, 0.3) is 10.8 Å². The molecule has 3 aromatic rings. The number of piperazine rings is 1. The SMILES string of the molecule is CCc1ccccc1NC(=O)CN1CCN(CC(=O)NC(C)c2cccc3ccccc23)CC1. The summed E-state index contributed by atoms with van der Waals surface area (Å²) < 4.78 is 0. The first kappa shape index (κ1) is 23.9. The van der Waals surface area contributed by atoms with Crippen LogP contribution in [0.15, 0.2) is 66.7 Å². The summed E-state index contributed by atoms with van der Waals surface area (Å²) in [5, 5.41) is 8.55. The van der Waals surface area contributed by atoms with Gasteiger partial charge in [-0.05, 0) is 41.3 Å². The van der Waals surface area contributed by atoms with Gasteiger partial charge < -0.3 is 10.6 Å². The molecule has 3 aromatic carbocycles. The fourth-order valence-corrected chi connectivity index (χ4v) is 4.64. The van der Waals surface area contributed by atoms with Crippen molar-refractivity contribution in [1.82, 2.24) is 15.1 Å². The summed E-state index contributed by atoms with van der Waals surface area (Å²) in [6, 6.07) is 22.3. The Labute approximate surface area is 201 Å². The number of rotatable bonds is 8. The van der Waals surface area contributed by atoms with Gasteiger partial charge in [0.25, 0.3) is 0 Å². The molecule has 34 heavy (non-hydrogen) atoms. The molecular formula is C28H34N4O2. The van der Waals surface area contributed by atoms with Crippen LogP contribution in [0.2, 0.25) is 0 Å². The summed E-state index contributed by atoms with van der Waals surface area (Å²) in [6.45, 7) is 7.96. The van der Waals surface area contributed by atoms with Gasteiger partial charge in [0.2, 0.25) is 11.8 Å². The summed E-state index contributed by atoms with van der Waals surface area (Å²) in [4.78, 5) is 29.6. The van der Waals surface area contributed by atoms with Crippen LogP contribution in [0.3, 0.4) is 0 Å².